The van der Waals surface area contributed by atoms with Crippen molar-refractivity contribution in [2.45, 2.75) is 19.9 Å². The van der Waals surface area contributed by atoms with Gasteiger partial charge in [-0.05, 0) is 46.1 Å². The molecule has 0 aliphatic heterocycles. The maximum absolute atomic E-state index is 5.83. The molecular formula is C14H22N4S. The van der Waals surface area contributed by atoms with Crippen molar-refractivity contribution in [3.8, 4) is 0 Å². The van der Waals surface area contributed by atoms with Gasteiger partial charge in [0.25, 0.3) is 0 Å². The first-order valence-electron chi connectivity index (χ1n) is 6.58. The van der Waals surface area contributed by atoms with E-state index in [9.17, 15) is 0 Å². The normalized spacial score (nSPS) is 13.1. The average Bonchev–Trinajstić information content (AvgIpc) is 2.71. The van der Waals surface area contributed by atoms with Crippen LogP contribution in [-0.2, 0) is 0 Å². The van der Waals surface area contributed by atoms with Crippen LogP contribution in [0.5, 0.6) is 0 Å². The van der Waals surface area contributed by atoms with Gasteiger partial charge in [0.05, 0.1) is 10.2 Å². The van der Waals surface area contributed by atoms with Crippen LogP contribution in [0.4, 0.5) is 10.8 Å². The van der Waals surface area contributed by atoms with Gasteiger partial charge < -0.3 is 15.5 Å². The number of benzene rings is 1. The molecule has 0 amide bonds. The molecule has 19 heavy (non-hydrogen) atoms. The molecule has 1 heterocycles. The van der Waals surface area contributed by atoms with Crippen molar-refractivity contribution < 1.29 is 0 Å². The summed E-state index contributed by atoms with van der Waals surface area (Å²) in [5, 5.41) is 1.08. The highest BCUT2D eigenvalue weighted by atomic mass is 32.1. The van der Waals surface area contributed by atoms with Crippen molar-refractivity contribution in [1.82, 2.24) is 9.88 Å². The van der Waals surface area contributed by atoms with E-state index in [1.165, 1.54) is 0 Å². The number of likely N-dealkylation sites (N-methyl/N-ethyl adjacent to an activating group) is 2. The molecule has 0 fully saturated rings. The lowest BCUT2D eigenvalue weighted by Gasteiger charge is -2.29. The number of rotatable bonds is 5. The number of thiazole rings is 1. The summed E-state index contributed by atoms with van der Waals surface area (Å²) >= 11 is 1.72. The quantitative estimate of drug-likeness (QED) is 0.854. The molecule has 0 bridgehead atoms. The number of anilines is 2. The molecule has 1 atom stereocenters. The second-order valence-electron chi connectivity index (χ2n) is 5.12. The summed E-state index contributed by atoms with van der Waals surface area (Å²) in [5.41, 5.74) is 7.66. The number of nitrogen functional groups attached to an aromatic ring is 1. The zero-order chi connectivity index (χ0) is 14.0. The number of hydrogen-bond acceptors (Lipinski definition) is 5. The van der Waals surface area contributed by atoms with Crippen LogP contribution in [0.2, 0.25) is 0 Å². The van der Waals surface area contributed by atoms with Gasteiger partial charge in [-0.2, -0.15) is 0 Å². The monoisotopic (exact) mass is 278 g/mol. The van der Waals surface area contributed by atoms with Gasteiger partial charge in [0.1, 0.15) is 0 Å². The van der Waals surface area contributed by atoms with E-state index in [4.69, 9.17) is 10.7 Å². The number of nitrogens with zero attached hydrogens (tertiary/aromatic N) is 3. The first kappa shape index (κ1) is 14.1. The van der Waals surface area contributed by atoms with E-state index in [1.807, 2.05) is 18.2 Å². The molecule has 2 N–H and O–H groups in total. The number of aromatic nitrogens is 1. The third kappa shape index (κ3) is 3.16. The van der Waals surface area contributed by atoms with Crippen molar-refractivity contribution in [2.24, 2.45) is 0 Å². The topological polar surface area (TPSA) is 45.4 Å². The highest BCUT2D eigenvalue weighted by molar-refractivity contribution is 7.22. The predicted molar refractivity (Wildman–Crippen MR) is 85.1 cm³/mol. The molecule has 1 aromatic carbocycles. The minimum Gasteiger partial charge on any atom is -0.399 e. The lowest BCUT2D eigenvalue weighted by atomic mass is 10.3. The van der Waals surface area contributed by atoms with Crippen LogP contribution in [0, 0.1) is 0 Å². The fraction of sp³-hybridized carbons (Fsp3) is 0.500. The van der Waals surface area contributed by atoms with E-state index in [1.54, 1.807) is 11.3 Å². The van der Waals surface area contributed by atoms with Gasteiger partial charge in [-0.15, -0.1) is 0 Å². The van der Waals surface area contributed by atoms with E-state index in [0.717, 1.165) is 34.1 Å². The molecular weight excluding hydrogens is 256 g/mol. The molecule has 104 valence electrons. The molecule has 2 aromatic rings. The third-order valence-electron chi connectivity index (χ3n) is 3.15. The Morgan fingerprint density at radius 2 is 2.11 bits per heavy atom. The number of fused-ring (bicyclic) bond motifs is 1. The van der Waals surface area contributed by atoms with Gasteiger partial charge in [-0.1, -0.05) is 11.3 Å². The summed E-state index contributed by atoms with van der Waals surface area (Å²) in [5.74, 6) is 0. The van der Waals surface area contributed by atoms with Crippen LogP contribution in [0.3, 0.4) is 0 Å². The van der Waals surface area contributed by atoms with Gasteiger partial charge in [-0.3, -0.25) is 0 Å². The Bertz CT molecular complexity index is 549. The predicted octanol–water partition coefficient (Wildman–Crippen LogP) is 2.65. The van der Waals surface area contributed by atoms with Crippen LogP contribution in [-0.4, -0.2) is 43.1 Å². The van der Waals surface area contributed by atoms with E-state index in [2.05, 4.69) is 37.7 Å². The van der Waals surface area contributed by atoms with Crippen LogP contribution in [0.25, 0.3) is 10.2 Å². The molecule has 1 unspecified atom stereocenters. The summed E-state index contributed by atoms with van der Waals surface area (Å²) in [6.45, 7) is 6.40. The Balaban J connectivity index is 2.30. The van der Waals surface area contributed by atoms with Gasteiger partial charge >= 0.3 is 0 Å². The minimum atomic E-state index is 0.443. The van der Waals surface area contributed by atoms with Crippen molar-refractivity contribution >= 4 is 32.4 Å². The average molecular weight is 278 g/mol. The summed E-state index contributed by atoms with van der Waals surface area (Å²) in [7, 11) is 4.20. The SMILES string of the molecule is CCN(c1nc2ccc(N)cc2s1)C(C)CN(C)C. The van der Waals surface area contributed by atoms with Crippen molar-refractivity contribution in [1.29, 1.82) is 0 Å². The van der Waals surface area contributed by atoms with Crippen LogP contribution in [0.15, 0.2) is 18.2 Å². The first-order valence-corrected chi connectivity index (χ1v) is 7.40. The van der Waals surface area contributed by atoms with Crippen molar-refractivity contribution in [2.75, 3.05) is 37.8 Å². The van der Waals surface area contributed by atoms with Gasteiger partial charge in [-0.25, -0.2) is 4.98 Å². The summed E-state index contributed by atoms with van der Waals surface area (Å²) in [4.78, 5) is 9.28. The standard InChI is InChI=1S/C14H22N4S/c1-5-18(10(2)9-17(3)4)14-16-12-7-6-11(15)8-13(12)19-14/h6-8,10H,5,9,15H2,1-4H3. The Hall–Kier alpha value is -1.33. The smallest absolute Gasteiger partial charge is 0.186 e. The molecule has 0 aliphatic rings. The van der Waals surface area contributed by atoms with E-state index in [-0.39, 0.29) is 0 Å². The molecule has 2 rings (SSSR count). The molecule has 5 heteroatoms. The van der Waals surface area contributed by atoms with Crippen LogP contribution >= 0.6 is 11.3 Å². The Labute approximate surface area is 118 Å². The Morgan fingerprint density at radius 3 is 2.74 bits per heavy atom. The van der Waals surface area contributed by atoms with Crippen LogP contribution < -0.4 is 10.6 Å². The number of hydrogen-bond donors (Lipinski definition) is 1. The molecule has 0 spiro atoms. The van der Waals surface area contributed by atoms with Crippen LogP contribution in [0.1, 0.15) is 13.8 Å². The van der Waals surface area contributed by atoms with Gasteiger partial charge in [0.15, 0.2) is 5.13 Å². The van der Waals surface area contributed by atoms with Crippen molar-refractivity contribution in [3.05, 3.63) is 18.2 Å². The second-order valence-corrected chi connectivity index (χ2v) is 6.13. The molecule has 0 radical (unpaired) electrons. The summed E-state index contributed by atoms with van der Waals surface area (Å²) < 4.78 is 1.16. The van der Waals surface area contributed by atoms with Crippen molar-refractivity contribution in [3.63, 3.8) is 0 Å². The maximum Gasteiger partial charge on any atom is 0.186 e. The maximum atomic E-state index is 5.83. The Kier molecular flexibility index (Phi) is 4.27. The highest BCUT2D eigenvalue weighted by Gasteiger charge is 2.17. The number of nitrogens with two attached hydrogens (primary N) is 1. The summed E-state index contributed by atoms with van der Waals surface area (Å²) in [6.07, 6.45) is 0. The van der Waals surface area contributed by atoms with E-state index < -0.39 is 0 Å². The largest absolute Gasteiger partial charge is 0.399 e. The van der Waals surface area contributed by atoms with Gasteiger partial charge in [0, 0.05) is 24.8 Å². The molecule has 0 saturated heterocycles. The second kappa shape index (κ2) is 5.75. The third-order valence-corrected chi connectivity index (χ3v) is 4.20. The zero-order valence-electron chi connectivity index (χ0n) is 12.1. The lowest BCUT2D eigenvalue weighted by Crippen LogP contribution is -2.40. The highest BCUT2D eigenvalue weighted by Crippen LogP contribution is 2.31. The first-order chi connectivity index (χ1) is 9.01. The minimum absolute atomic E-state index is 0.443. The van der Waals surface area contributed by atoms with E-state index >= 15 is 0 Å². The fourth-order valence-corrected chi connectivity index (χ4v) is 3.49. The van der Waals surface area contributed by atoms with Gasteiger partial charge in [0.2, 0.25) is 0 Å². The Morgan fingerprint density at radius 1 is 1.37 bits per heavy atom. The fourth-order valence-electron chi connectivity index (χ4n) is 2.31. The molecule has 0 saturated carbocycles. The lowest BCUT2D eigenvalue weighted by molar-refractivity contribution is 0.373. The molecule has 1 aromatic heterocycles. The van der Waals surface area contributed by atoms with E-state index in [0.29, 0.717) is 6.04 Å². The molecule has 4 nitrogen and oxygen atoms in total. The zero-order valence-corrected chi connectivity index (χ0v) is 12.9. The summed E-state index contributed by atoms with van der Waals surface area (Å²) in [6, 6.07) is 6.35. The molecule has 0 aliphatic carbocycles.